The number of carbonyl (C=O) groups is 2. The summed E-state index contributed by atoms with van der Waals surface area (Å²) in [6.07, 6.45) is -0.107. The molecule has 0 aromatic heterocycles. The second-order valence-corrected chi connectivity index (χ2v) is 10.1. The maximum absolute atomic E-state index is 14.0. The highest BCUT2D eigenvalue weighted by Gasteiger charge is 2.23. The summed E-state index contributed by atoms with van der Waals surface area (Å²) >= 11 is 1.30. The van der Waals surface area contributed by atoms with Crippen LogP contribution >= 0.6 is 11.9 Å². The minimum Gasteiger partial charge on any atom is -0.497 e. The van der Waals surface area contributed by atoms with Crippen molar-refractivity contribution in [3.8, 4) is 5.75 Å². The molecule has 4 aromatic rings. The molecular formula is C30H29FN2O5S. The first-order valence-electron chi connectivity index (χ1n) is 12.3. The van der Waals surface area contributed by atoms with Crippen LogP contribution in [0.15, 0.2) is 89.8 Å². The Hall–Kier alpha value is -4.24. The third-order valence-corrected chi connectivity index (χ3v) is 7.28. The Morgan fingerprint density at radius 2 is 1.56 bits per heavy atom. The van der Waals surface area contributed by atoms with Gasteiger partial charge in [-0.1, -0.05) is 36.4 Å². The SMILES string of the molecule is COc1ccc(SN(CC(=O)O)c2ccc(N(Cc3cccc(F)c3)[C@@H](C)CC(=O)O)c3ccccc23)cc1. The summed E-state index contributed by atoms with van der Waals surface area (Å²) in [6, 6.07) is 24.5. The van der Waals surface area contributed by atoms with Crippen molar-refractivity contribution in [1.82, 2.24) is 0 Å². The molecule has 4 aromatic carbocycles. The lowest BCUT2D eigenvalue weighted by Crippen LogP contribution is -2.34. The molecule has 0 spiro atoms. The number of methoxy groups -OCH3 is 1. The van der Waals surface area contributed by atoms with Crippen LogP contribution in [0.3, 0.4) is 0 Å². The maximum Gasteiger partial charge on any atom is 0.324 e. The van der Waals surface area contributed by atoms with Crippen molar-refractivity contribution in [2.45, 2.75) is 30.8 Å². The Kier molecular flexibility index (Phi) is 8.93. The lowest BCUT2D eigenvalue weighted by Gasteiger charge is -2.33. The molecule has 202 valence electrons. The van der Waals surface area contributed by atoms with E-state index in [1.54, 1.807) is 23.5 Å². The number of carboxylic acid groups (broad SMARTS) is 2. The number of benzene rings is 4. The van der Waals surface area contributed by atoms with E-state index in [0.29, 0.717) is 23.5 Å². The van der Waals surface area contributed by atoms with Gasteiger partial charge in [-0.25, -0.2) is 4.39 Å². The van der Waals surface area contributed by atoms with Crippen LogP contribution in [0.25, 0.3) is 10.8 Å². The summed E-state index contributed by atoms with van der Waals surface area (Å²) in [5, 5.41) is 20.8. The van der Waals surface area contributed by atoms with Gasteiger partial charge in [0, 0.05) is 33.9 Å². The zero-order chi connectivity index (χ0) is 27.9. The van der Waals surface area contributed by atoms with Crippen LogP contribution < -0.4 is 13.9 Å². The van der Waals surface area contributed by atoms with E-state index < -0.39 is 18.0 Å². The molecule has 0 fully saturated rings. The van der Waals surface area contributed by atoms with E-state index in [1.807, 2.05) is 72.5 Å². The molecule has 0 saturated heterocycles. The first kappa shape index (κ1) is 27.8. The van der Waals surface area contributed by atoms with Gasteiger partial charge in [0.2, 0.25) is 0 Å². The monoisotopic (exact) mass is 548 g/mol. The smallest absolute Gasteiger partial charge is 0.324 e. The zero-order valence-corrected chi connectivity index (χ0v) is 22.4. The summed E-state index contributed by atoms with van der Waals surface area (Å²) in [6.45, 7) is 1.88. The highest BCUT2D eigenvalue weighted by molar-refractivity contribution is 8.00. The van der Waals surface area contributed by atoms with Gasteiger partial charge in [0.15, 0.2) is 0 Å². The van der Waals surface area contributed by atoms with Gasteiger partial charge in [0.05, 0.1) is 19.2 Å². The van der Waals surface area contributed by atoms with Crippen LogP contribution in [0, 0.1) is 5.82 Å². The zero-order valence-electron chi connectivity index (χ0n) is 21.6. The number of aliphatic carboxylic acids is 2. The Morgan fingerprint density at radius 1 is 0.897 bits per heavy atom. The number of fused-ring (bicyclic) bond motifs is 1. The molecule has 0 bridgehead atoms. The predicted molar refractivity (Wildman–Crippen MR) is 152 cm³/mol. The van der Waals surface area contributed by atoms with Gasteiger partial charge in [-0.2, -0.15) is 0 Å². The third kappa shape index (κ3) is 7.00. The van der Waals surface area contributed by atoms with Crippen molar-refractivity contribution in [3.05, 3.63) is 96.3 Å². The Labute approximate surface area is 230 Å². The summed E-state index contributed by atoms with van der Waals surface area (Å²) in [5.74, 6) is -1.57. The van der Waals surface area contributed by atoms with Crippen LogP contribution in [0.4, 0.5) is 15.8 Å². The molecule has 0 aliphatic rings. The molecule has 0 aliphatic heterocycles. The number of hydrogen-bond donors (Lipinski definition) is 2. The van der Waals surface area contributed by atoms with Crippen molar-refractivity contribution < 1.29 is 28.9 Å². The predicted octanol–water partition coefficient (Wildman–Crippen LogP) is 6.46. The Balaban J connectivity index is 1.79. The number of hydrogen-bond acceptors (Lipinski definition) is 6. The van der Waals surface area contributed by atoms with E-state index in [4.69, 9.17) is 4.74 Å². The number of carboxylic acids is 2. The van der Waals surface area contributed by atoms with Crippen molar-refractivity contribution in [2.75, 3.05) is 22.9 Å². The fourth-order valence-electron chi connectivity index (χ4n) is 4.46. The van der Waals surface area contributed by atoms with Gasteiger partial charge in [-0.05, 0) is 73.0 Å². The lowest BCUT2D eigenvalue weighted by molar-refractivity contribution is -0.137. The molecule has 0 unspecified atom stereocenters. The van der Waals surface area contributed by atoms with Gasteiger partial charge in [-0.3, -0.25) is 9.59 Å². The van der Waals surface area contributed by atoms with E-state index in [-0.39, 0.29) is 18.8 Å². The van der Waals surface area contributed by atoms with Crippen molar-refractivity contribution in [2.24, 2.45) is 0 Å². The molecule has 9 heteroatoms. The van der Waals surface area contributed by atoms with Crippen LogP contribution in [0.2, 0.25) is 0 Å². The van der Waals surface area contributed by atoms with E-state index in [2.05, 4.69) is 0 Å². The normalized spacial score (nSPS) is 11.7. The number of ether oxygens (including phenoxy) is 1. The summed E-state index contributed by atoms with van der Waals surface area (Å²) in [5.41, 5.74) is 2.19. The average molecular weight is 549 g/mol. The van der Waals surface area contributed by atoms with Crippen molar-refractivity contribution in [1.29, 1.82) is 0 Å². The fraction of sp³-hybridized carbons (Fsp3) is 0.200. The third-order valence-electron chi connectivity index (χ3n) is 6.25. The standard InChI is InChI=1S/C30H29FN2O5S/c1-20(16-29(34)35)32(18-21-6-5-7-22(31)17-21)27-14-15-28(26-9-4-3-8-25(26)27)33(19-30(36)37)39-24-12-10-23(38-2)11-13-24/h3-15,17,20H,16,18-19H2,1-2H3,(H,34,35)(H,36,37)/t20-/m0/s1. The van der Waals surface area contributed by atoms with Gasteiger partial charge >= 0.3 is 11.9 Å². The van der Waals surface area contributed by atoms with Crippen molar-refractivity contribution in [3.63, 3.8) is 0 Å². The summed E-state index contributed by atoms with van der Waals surface area (Å²) in [7, 11) is 1.58. The van der Waals surface area contributed by atoms with Crippen LogP contribution in [0.1, 0.15) is 18.9 Å². The van der Waals surface area contributed by atoms with E-state index in [9.17, 15) is 24.2 Å². The van der Waals surface area contributed by atoms with Crippen LogP contribution in [-0.4, -0.2) is 41.8 Å². The average Bonchev–Trinajstić information content (AvgIpc) is 2.91. The molecular weight excluding hydrogens is 519 g/mol. The largest absolute Gasteiger partial charge is 0.497 e. The molecule has 1 atom stereocenters. The number of nitrogens with zero attached hydrogens (tertiary/aromatic N) is 2. The first-order chi connectivity index (χ1) is 18.7. The Morgan fingerprint density at radius 3 is 2.18 bits per heavy atom. The first-order valence-corrected chi connectivity index (χ1v) is 13.1. The molecule has 7 nitrogen and oxygen atoms in total. The highest BCUT2D eigenvalue weighted by atomic mass is 32.2. The van der Waals surface area contributed by atoms with Gasteiger partial charge in [-0.15, -0.1) is 0 Å². The highest BCUT2D eigenvalue weighted by Crippen LogP contribution is 2.40. The minimum absolute atomic E-state index is 0.107. The molecule has 0 saturated carbocycles. The minimum atomic E-state index is -0.980. The maximum atomic E-state index is 14.0. The molecule has 0 heterocycles. The number of anilines is 2. The lowest BCUT2D eigenvalue weighted by atomic mass is 10.0. The second kappa shape index (κ2) is 12.5. The van der Waals surface area contributed by atoms with E-state index >= 15 is 0 Å². The van der Waals surface area contributed by atoms with Gasteiger partial charge in [0.1, 0.15) is 18.1 Å². The van der Waals surface area contributed by atoms with E-state index in [0.717, 1.165) is 21.4 Å². The topological polar surface area (TPSA) is 90.3 Å². The molecule has 4 rings (SSSR count). The van der Waals surface area contributed by atoms with E-state index in [1.165, 1.54) is 24.1 Å². The molecule has 39 heavy (non-hydrogen) atoms. The fourth-order valence-corrected chi connectivity index (χ4v) is 5.41. The second-order valence-electron chi connectivity index (χ2n) is 9.05. The summed E-state index contributed by atoms with van der Waals surface area (Å²) < 4.78 is 20.9. The molecule has 0 aliphatic carbocycles. The van der Waals surface area contributed by atoms with Crippen LogP contribution in [-0.2, 0) is 16.1 Å². The van der Waals surface area contributed by atoms with Gasteiger partial charge in [0.25, 0.3) is 0 Å². The number of halogens is 1. The summed E-state index contributed by atoms with van der Waals surface area (Å²) in [4.78, 5) is 26.2. The molecule has 0 radical (unpaired) electrons. The molecule has 2 N–H and O–H groups in total. The van der Waals surface area contributed by atoms with Gasteiger partial charge < -0.3 is 24.2 Å². The quantitative estimate of drug-likeness (QED) is 0.195. The number of rotatable bonds is 12. The Bertz CT molecular complexity index is 1460. The molecule has 0 amide bonds. The van der Waals surface area contributed by atoms with Crippen molar-refractivity contribution >= 4 is 46.0 Å². The van der Waals surface area contributed by atoms with Crippen LogP contribution in [0.5, 0.6) is 5.75 Å².